The minimum absolute atomic E-state index is 0.0511. The number of carbonyl (C=O) groups excluding carboxylic acids is 1. The molecule has 0 saturated heterocycles. The largest absolute Gasteiger partial charge is 0.486 e. The fraction of sp³-hybridized carbons (Fsp3) is 0.188. The average Bonchev–Trinajstić information content (AvgIpc) is 2.59. The van der Waals surface area contributed by atoms with E-state index in [1.54, 1.807) is 36.4 Å². The molecule has 1 aliphatic heterocycles. The summed E-state index contributed by atoms with van der Waals surface area (Å²) in [5.74, 6) is 0.951. The number of benzene rings is 2. The minimum Gasteiger partial charge on any atom is -0.486 e. The number of anilines is 1. The number of rotatable bonds is 5. The van der Waals surface area contributed by atoms with E-state index in [1.165, 1.54) is 6.07 Å². The van der Waals surface area contributed by atoms with Crippen molar-refractivity contribution in [3.05, 3.63) is 58.1 Å². The topological polar surface area (TPSA) is 90.7 Å². The molecule has 7 heteroatoms. The number of nitro groups is 1. The minimum atomic E-state index is -0.489. The fourth-order valence-electron chi connectivity index (χ4n) is 2.28. The van der Waals surface area contributed by atoms with Gasteiger partial charge >= 0.3 is 0 Å². The first-order valence-corrected chi connectivity index (χ1v) is 7.05. The van der Waals surface area contributed by atoms with Gasteiger partial charge in [-0.2, -0.15) is 0 Å². The van der Waals surface area contributed by atoms with Gasteiger partial charge in [0.15, 0.2) is 17.3 Å². The van der Waals surface area contributed by atoms with Crippen LogP contribution in [0.15, 0.2) is 42.5 Å². The molecule has 1 N–H and O–H groups in total. The molecule has 0 aliphatic carbocycles. The zero-order valence-electron chi connectivity index (χ0n) is 12.2. The summed E-state index contributed by atoms with van der Waals surface area (Å²) in [4.78, 5) is 22.7. The SMILES string of the molecule is O=C(CNc1ccccc1[N+](=O)[O-])c1ccc2c(c1)OCCO2. The van der Waals surface area contributed by atoms with Gasteiger partial charge in [0.1, 0.15) is 18.9 Å². The summed E-state index contributed by atoms with van der Waals surface area (Å²) in [5.41, 5.74) is 0.700. The van der Waals surface area contributed by atoms with Crippen molar-refractivity contribution in [2.75, 3.05) is 25.1 Å². The number of ether oxygens (including phenoxy) is 2. The summed E-state index contributed by atoms with van der Waals surface area (Å²) < 4.78 is 10.8. The number of nitrogens with zero attached hydrogens (tertiary/aromatic N) is 1. The maximum absolute atomic E-state index is 12.3. The molecule has 2 aromatic rings. The Bertz CT molecular complexity index is 760. The number of nitrogens with one attached hydrogen (secondary N) is 1. The van der Waals surface area contributed by atoms with E-state index in [0.29, 0.717) is 36.0 Å². The van der Waals surface area contributed by atoms with Gasteiger partial charge < -0.3 is 14.8 Å². The number of Topliss-reactive ketones (excluding diaryl/α,β-unsaturated/α-hetero) is 1. The van der Waals surface area contributed by atoms with Gasteiger partial charge in [-0.05, 0) is 24.3 Å². The molecule has 1 heterocycles. The molecule has 7 nitrogen and oxygen atoms in total. The van der Waals surface area contributed by atoms with E-state index in [4.69, 9.17) is 9.47 Å². The quantitative estimate of drug-likeness (QED) is 0.518. The Labute approximate surface area is 132 Å². The van der Waals surface area contributed by atoms with E-state index in [1.807, 2.05) is 0 Å². The molecule has 2 aromatic carbocycles. The normalized spacial score (nSPS) is 12.5. The predicted octanol–water partition coefficient (Wildman–Crippen LogP) is 2.66. The molecule has 0 aromatic heterocycles. The highest BCUT2D eigenvalue weighted by molar-refractivity contribution is 5.99. The lowest BCUT2D eigenvalue weighted by Crippen LogP contribution is -2.17. The van der Waals surface area contributed by atoms with Crippen molar-refractivity contribution in [3.8, 4) is 11.5 Å². The predicted molar refractivity (Wildman–Crippen MR) is 83.3 cm³/mol. The summed E-state index contributed by atoms with van der Waals surface area (Å²) in [6.07, 6.45) is 0. The summed E-state index contributed by atoms with van der Waals surface area (Å²) >= 11 is 0. The van der Waals surface area contributed by atoms with Gasteiger partial charge in [-0.25, -0.2) is 0 Å². The van der Waals surface area contributed by atoms with Crippen LogP contribution in [0.1, 0.15) is 10.4 Å². The summed E-state index contributed by atoms with van der Waals surface area (Å²) in [7, 11) is 0. The number of carbonyl (C=O) groups is 1. The Balaban J connectivity index is 1.72. The van der Waals surface area contributed by atoms with Gasteiger partial charge in [-0.3, -0.25) is 14.9 Å². The third kappa shape index (κ3) is 3.23. The van der Waals surface area contributed by atoms with Crippen LogP contribution in [0.3, 0.4) is 0 Å². The maximum Gasteiger partial charge on any atom is 0.292 e. The third-order valence-electron chi connectivity index (χ3n) is 3.40. The van der Waals surface area contributed by atoms with Crippen molar-refractivity contribution in [1.82, 2.24) is 0 Å². The van der Waals surface area contributed by atoms with Crippen LogP contribution in [0.2, 0.25) is 0 Å². The van der Waals surface area contributed by atoms with Crippen molar-refractivity contribution >= 4 is 17.2 Å². The van der Waals surface area contributed by atoms with Crippen LogP contribution in [0.4, 0.5) is 11.4 Å². The zero-order valence-corrected chi connectivity index (χ0v) is 12.2. The van der Waals surface area contributed by atoms with Gasteiger partial charge in [-0.15, -0.1) is 0 Å². The van der Waals surface area contributed by atoms with Gasteiger partial charge in [-0.1, -0.05) is 12.1 Å². The van der Waals surface area contributed by atoms with E-state index in [9.17, 15) is 14.9 Å². The summed E-state index contributed by atoms with van der Waals surface area (Å²) in [6, 6.07) is 11.2. The Kier molecular flexibility index (Phi) is 4.09. The Hall–Kier alpha value is -3.09. The second-order valence-corrected chi connectivity index (χ2v) is 4.91. The van der Waals surface area contributed by atoms with Gasteiger partial charge in [0.2, 0.25) is 0 Å². The number of nitro benzene ring substituents is 1. The molecule has 0 spiro atoms. The van der Waals surface area contributed by atoms with Crippen molar-refractivity contribution in [2.45, 2.75) is 0 Å². The highest BCUT2D eigenvalue weighted by Gasteiger charge is 2.16. The molecule has 1 aliphatic rings. The maximum atomic E-state index is 12.3. The van der Waals surface area contributed by atoms with Crippen LogP contribution in [0.25, 0.3) is 0 Å². The van der Waals surface area contributed by atoms with Crippen LogP contribution in [0, 0.1) is 10.1 Å². The zero-order chi connectivity index (χ0) is 16.2. The van der Waals surface area contributed by atoms with Gasteiger partial charge in [0.25, 0.3) is 5.69 Å². The lowest BCUT2D eigenvalue weighted by atomic mass is 10.1. The molecule has 118 valence electrons. The highest BCUT2D eigenvalue weighted by Crippen LogP contribution is 2.31. The molecular weight excluding hydrogens is 300 g/mol. The number of ketones is 1. The van der Waals surface area contributed by atoms with Crippen LogP contribution < -0.4 is 14.8 Å². The fourth-order valence-corrected chi connectivity index (χ4v) is 2.28. The summed E-state index contributed by atoms with van der Waals surface area (Å²) in [6.45, 7) is 0.878. The number of fused-ring (bicyclic) bond motifs is 1. The van der Waals surface area contributed by atoms with Crippen molar-refractivity contribution in [3.63, 3.8) is 0 Å². The van der Waals surface area contributed by atoms with Crippen molar-refractivity contribution in [2.24, 2.45) is 0 Å². The smallest absolute Gasteiger partial charge is 0.292 e. The Morgan fingerprint density at radius 3 is 2.65 bits per heavy atom. The van der Waals surface area contributed by atoms with Crippen LogP contribution >= 0.6 is 0 Å². The van der Waals surface area contributed by atoms with E-state index in [2.05, 4.69) is 5.32 Å². The van der Waals surface area contributed by atoms with E-state index < -0.39 is 4.92 Å². The molecular formula is C16H14N2O5. The number of hydrogen-bond donors (Lipinski definition) is 1. The second kappa shape index (κ2) is 6.35. The van der Waals surface area contributed by atoms with E-state index in [-0.39, 0.29) is 18.0 Å². The average molecular weight is 314 g/mol. The molecule has 0 amide bonds. The molecule has 0 radical (unpaired) electrons. The van der Waals surface area contributed by atoms with Crippen molar-refractivity contribution < 1.29 is 19.2 Å². The second-order valence-electron chi connectivity index (χ2n) is 4.91. The van der Waals surface area contributed by atoms with Crippen LogP contribution in [-0.2, 0) is 0 Å². The van der Waals surface area contributed by atoms with Crippen LogP contribution in [0.5, 0.6) is 11.5 Å². The highest BCUT2D eigenvalue weighted by atomic mass is 16.6. The van der Waals surface area contributed by atoms with Gasteiger partial charge in [0.05, 0.1) is 11.5 Å². The Morgan fingerprint density at radius 1 is 1.13 bits per heavy atom. The first kappa shape index (κ1) is 14.8. The standard InChI is InChI=1S/C16H14N2O5/c19-14(10-17-12-3-1-2-4-13(12)18(20)21)11-5-6-15-16(9-11)23-8-7-22-15/h1-6,9,17H,7-8,10H2. The molecule has 0 bridgehead atoms. The van der Waals surface area contributed by atoms with Gasteiger partial charge in [0, 0.05) is 11.6 Å². The first-order chi connectivity index (χ1) is 11.1. The molecule has 0 saturated carbocycles. The molecule has 0 unspecified atom stereocenters. The molecule has 23 heavy (non-hydrogen) atoms. The monoisotopic (exact) mass is 314 g/mol. The molecule has 0 atom stereocenters. The van der Waals surface area contributed by atoms with E-state index >= 15 is 0 Å². The number of hydrogen-bond acceptors (Lipinski definition) is 6. The lowest BCUT2D eigenvalue weighted by molar-refractivity contribution is -0.383. The number of para-hydroxylation sites is 2. The third-order valence-corrected chi connectivity index (χ3v) is 3.40. The molecule has 0 fully saturated rings. The van der Waals surface area contributed by atoms with Crippen molar-refractivity contribution in [1.29, 1.82) is 0 Å². The van der Waals surface area contributed by atoms with Crippen LogP contribution in [-0.4, -0.2) is 30.5 Å². The molecule has 3 rings (SSSR count). The lowest BCUT2D eigenvalue weighted by Gasteiger charge is -2.18. The first-order valence-electron chi connectivity index (χ1n) is 7.05. The Morgan fingerprint density at radius 2 is 1.87 bits per heavy atom. The summed E-state index contributed by atoms with van der Waals surface area (Å²) in [5, 5.41) is 13.8. The van der Waals surface area contributed by atoms with E-state index in [0.717, 1.165) is 0 Å².